The molecule has 2 N–H and O–H groups in total. The van der Waals surface area contributed by atoms with E-state index in [1.54, 1.807) is 13.3 Å². The molecule has 96 valence electrons. The maximum Gasteiger partial charge on any atom is 0.221 e. The van der Waals surface area contributed by atoms with Gasteiger partial charge in [0, 0.05) is 19.5 Å². The van der Waals surface area contributed by atoms with Crippen LogP contribution >= 0.6 is 0 Å². The number of benzene rings is 1. The molecule has 0 aliphatic carbocycles. The van der Waals surface area contributed by atoms with Gasteiger partial charge < -0.3 is 15.0 Å². The van der Waals surface area contributed by atoms with Crippen molar-refractivity contribution in [3.63, 3.8) is 0 Å². The number of rotatable bonds is 5. The number of nitrogens with one attached hydrogen (secondary N) is 1. The number of aliphatic hydroxyl groups is 1. The van der Waals surface area contributed by atoms with Crippen molar-refractivity contribution in [2.24, 2.45) is 0 Å². The summed E-state index contributed by atoms with van der Waals surface area (Å²) in [5, 5.41) is 11.7. The third-order valence-electron chi connectivity index (χ3n) is 2.70. The fourth-order valence-electron chi connectivity index (χ4n) is 1.76. The fraction of sp³-hybridized carbons (Fsp3) is 0.385. The predicted molar refractivity (Wildman–Crippen MR) is 69.0 cm³/mol. The second-order valence-corrected chi connectivity index (χ2v) is 4.33. The summed E-state index contributed by atoms with van der Waals surface area (Å²) < 4.78 is 1.96. The van der Waals surface area contributed by atoms with E-state index >= 15 is 0 Å². The molecule has 1 heterocycles. The van der Waals surface area contributed by atoms with Gasteiger partial charge in [0.25, 0.3) is 0 Å². The van der Waals surface area contributed by atoms with Crippen LogP contribution in [-0.4, -0.2) is 33.2 Å². The molecular formula is C13H17N3O2. The Labute approximate surface area is 105 Å². The smallest absolute Gasteiger partial charge is 0.221 e. The second kappa shape index (κ2) is 5.64. The van der Waals surface area contributed by atoms with Crippen molar-refractivity contribution in [3.05, 3.63) is 30.6 Å². The molecule has 0 radical (unpaired) electrons. The van der Waals surface area contributed by atoms with Gasteiger partial charge in [0.2, 0.25) is 5.91 Å². The van der Waals surface area contributed by atoms with E-state index in [1.807, 2.05) is 28.8 Å². The van der Waals surface area contributed by atoms with Crippen LogP contribution < -0.4 is 5.32 Å². The van der Waals surface area contributed by atoms with Crippen molar-refractivity contribution >= 4 is 16.9 Å². The summed E-state index contributed by atoms with van der Waals surface area (Å²) in [6.45, 7) is 2.53. The van der Waals surface area contributed by atoms with Gasteiger partial charge in [-0.2, -0.15) is 0 Å². The molecule has 0 aliphatic rings. The first-order valence-corrected chi connectivity index (χ1v) is 6.01. The Balaban J connectivity index is 1.92. The van der Waals surface area contributed by atoms with Crippen LogP contribution in [-0.2, 0) is 11.3 Å². The van der Waals surface area contributed by atoms with E-state index in [0.29, 0.717) is 19.5 Å². The topological polar surface area (TPSA) is 67.2 Å². The zero-order chi connectivity index (χ0) is 13.0. The lowest BCUT2D eigenvalue weighted by Gasteiger charge is -2.07. The third kappa shape index (κ3) is 3.07. The van der Waals surface area contributed by atoms with Crippen molar-refractivity contribution in [2.45, 2.75) is 26.0 Å². The molecular weight excluding hydrogens is 230 g/mol. The van der Waals surface area contributed by atoms with E-state index in [2.05, 4.69) is 10.3 Å². The summed E-state index contributed by atoms with van der Waals surface area (Å²) >= 11 is 0. The minimum absolute atomic E-state index is 0.0614. The van der Waals surface area contributed by atoms with Crippen LogP contribution in [0.15, 0.2) is 30.6 Å². The van der Waals surface area contributed by atoms with Crippen LogP contribution in [0.4, 0.5) is 0 Å². The Morgan fingerprint density at radius 3 is 3.06 bits per heavy atom. The molecule has 1 aromatic carbocycles. The summed E-state index contributed by atoms with van der Waals surface area (Å²) in [6, 6.07) is 7.82. The number of hydrogen-bond donors (Lipinski definition) is 2. The molecule has 5 nitrogen and oxygen atoms in total. The summed E-state index contributed by atoms with van der Waals surface area (Å²) in [4.78, 5) is 15.8. The third-order valence-corrected chi connectivity index (χ3v) is 2.70. The van der Waals surface area contributed by atoms with Gasteiger partial charge in [-0.1, -0.05) is 12.1 Å². The first-order valence-electron chi connectivity index (χ1n) is 6.01. The lowest BCUT2D eigenvalue weighted by Crippen LogP contribution is -2.31. The number of hydrogen-bond acceptors (Lipinski definition) is 3. The minimum atomic E-state index is -0.511. The largest absolute Gasteiger partial charge is 0.392 e. The van der Waals surface area contributed by atoms with Crippen molar-refractivity contribution < 1.29 is 9.90 Å². The van der Waals surface area contributed by atoms with Crippen LogP contribution in [0.2, 0.25) is 0 Å². The zero-order valence-electron chi connectivity index (χ0n) is 10.3. The lowest BCUT2D eigenvalue weighted by atomic mass is 10.3. The molecule has 0 saturated carbocycles. The summed E-state index contributed by atoms with van der Waals surface area (Å²) in [5.41, 5.74) is 1.96. The van der Waals surface area contributed by atoms with Crippen LogP contribution in [0.25, 0.3) is 11.0 Å². The molecule has 0 fully saturated rings. The number of aromatic nitrogens is 2. The number of aryl methyl sites for hydroxylation is 1. The number of fused-ring (bicyclic) bond motifs is 1. The summed E-state index contributed by atoms with van der Waals surface area (Å²) in [6.07, 6.45) is 1.61. The van der Waals surface area contributed by atoms with E-state index in [9.17, 15) is 4.79 Å². The van der Waals surface area contributed by atoms with E-state index in [-0.39, 0.29) is 5.91 Å². The van der Waals surface area contributed by atoms with Crippen molar-refractivity contribution in [3.8, 4) is 0 Å². The van der Waals surface area contributed by atoms with Crippen LogP contribution in [0.3, 0.4) is 0 Å². The highest BCUT2D eigenvalue weighted by Gasteiger charge is 2.05. The van der Waals surface area contributed by atoms with Gasteiger partial charge in [0.05, 0.1) is 23.5 Å². The zero-order valence-corrected chi connectivity index (χ0v) is 10.3. The monoisotopic (exact) mass is 247 g/mol. The molecule has 2 aromatic rings. The number of imidazole rings is 1. The molecule has 18 heavy (non-hydrogen) atoms. The highest BCUT2D eigenvalue weighted by molar-refractivity contribution is 5.77. The maximum atomic E-state index is 11.5. The van der Waals surface area contributed by atoms with Crippen LogP contribution in [0.1, 0.15) is 13.3 Å². The maximum absolute atomic E-state index is 11.5. The van der Waals surface area contributed by atoms with Gasteiger partial charge in [-0.05, 0) is 19.1 Å². The van der Waals surface area contributed by atoms with Gasteiger partial charge in [0.1, 0.15) is 0 Å². The minimum Gasteiger partial charge on any atom is -0.392 e. The van der Waals surface area contributed by atoms with E-state index in [4.69, 9.17) is 5.11 Å². The number of para-hydroxylation sites is 2. The standard InChI is InChI=1S/C13H17N3O2/c1-10(17)8-14-13(18)6-7-16-9-15-11-4-2-3-5-12(11)16/h2-5,9-10,17H,6-8H2,1H3,(H,14,18)/t10-/m1/s1. The van der Waals surface area contributed by atoms with Crippen molar-refractivity contribution in [1.29, 1.82) is 0 Å². The molecule has 0 aliphatic heterocycles. The first kappa shape index (κ1) is 12.6. The highest BCUT2D eigenvalue weighted by atomic mass is 16.3. The lowest BCUT2D eigenvalue weighted by molar-refractivity contribution is -0.121. The number of carbonyl (C=O) groups excluding carboxylic acids is 1. The molecule has 1 aromatic heterocycles. The van der Waals surface area contributed by atoms with Gasteiger partial charge >= 0.3 is 0 Å². The molecule has 2 rings (SSSR count). The Morgan fingerprint density at radius 1 is 1.50 bits per heavy atom. The van der Waals surface area contributed by atoms with Crippen molar-refractivity contribution in [2.75, 3.05) is 6.54 Å². The van der Waals surface area contributed by atoms with Crippen LogP contribution in [0.5, 0.6) is 0 Å². The Morgan fingerprint density at radius 2 is 2.28 bits per heavy atom. The molecule has 0 bridgehead atoms. The average molecular weight is 247 g/mol. The molecule has 0 saturated heterocycles. The van der Waals surface area contributed by atoms with Gasteiger partial charge in [-0.15, -0.1) is 0 Å². The second-order valence-electron chi connectivity index (χ2n) is 4.33. The Hall–Kier alpha value is -1.88. The van der Waals surface area contributed by atoms with Gasteiger partial charge in [0.15, 0.2) is 0 Å². The predicted octanol–water partition coefficient (Wildman–Crippen LogP) is 0.923. The summed E-state index contributed by atoms with van der Waals surface area (Å²) in [7, 11) is 0. The van der Waals surface area contributed by atoms with E-state index in [1.165, 1.54) is 0 Å². The molecule has 0 spiro atoms. The van der Waals surface area contributed by atoms with Crippen LogP contribution in [0, 0.1) is 0 Å². The Bertz CT molecular complexity index is 534. The Kier molecular flexibility index (Phi) is 3.94. The normalized spacial score (nSPS) is 12.6. The SMILES string of the molecule is C[C@@H](O)CNC(=O)CCn1cnc2ccccc21. The number of aliphatic hydroxyl groups excluding tert-OH is 1. The first-order chi connectivity index (χ1) is 8.66. The molecule has 0 unspecified atom stereocenters. The van der Waals surface area contributed by atoms with Gasteiger partial charge in [-0.25, -0.2) is 4.98 Å². The van der Waals surface area contributed by atoms with Crippen molar-refractivity contribution in [1.82, 2.24) is 14.9 Å². The number of amides is 1. The number of carbonyl (C=O) groups is 1. The summed E-state index contributed by atoms with van der Waals surface area (Å²) in [5.74, 6) is -0.0614. The van der Waals surface area contributed by atoms with Gasteiger partial charge in [-0.3, -0.25) is 4.79 Å². The average Bonchev–Trinajstić information content (AvgIpc) is 2.77. The molecule has 5 heteroatoms. The van der Waals surface area contributed by atoms with E-state index < -0.39 is 6.10 Å². The quantitative estimate of drug-likeness (QED) is 0.825. The number of nitrogens with zero attached hydrogens (tertiary/aromatic N) is 2. The highest BCUT2D eigenvalue weighted by Crippen LogP contribution is 2.11. The van der Waals surface area contributed by atoms with E-state index in [0.717, 1.165) is 11.0 Å². The molecule has 1 atom stereocenters. The fourth-order valence-corrected chi connectivity index (χ4v) is 1.76. The molecule has 1 amide bonds.